The maximum Gasteiger partial charge on any atom is 0.405 e. The van der Waals surface area contributed by atoms with Crippen LogP contribution in [0.5, 0.6) is 5.75 Å². The average Bonchev–Trinajstić information content (AvgIpc) is 2.25. The van der Waals surface area contributed by atoms with Gasteiger partial charge in [-0.2, -0.15) is 0 Å². The van der Waals surface area contributed by atoms with Crippen LogP contribution in [-0.2, 0) is 0 Å². The van der Waals surface area contributed by atoms with Crippen molar-refractivity contribution in [2.45, 2.75) is 19.4 Å². The van der Waals surface area contributed by atoms with Crippen LogP contribution in [0.15, 0.2) is 18.2 Å². The Labute approximate surface area is 104 Å². The van der Waals surface area contributed by atoms with E-state index in [9.17, 15) is 14.0 Å². The molecule has 5 nitrogen and oxygen atoms in total. The van der Waals surface area contributed by atoms with Crippen LogP contribution in [0.4, 0.5) is 9.18 Å². The molecule has 0 aliphatic rings. The second kappa shape index (κ2) is 5.48. The van der Waals surface area contributed by atoms with Crippen LogP contribution in [-0.4, -0.2) is 29.6 Å². The molecule has 1 aromatic rings. The van der Waals surface area contributed by atoms with E-state index in [2.05, 4.69) is 5.32 Å². The molecule has 98 valence electrons. The number of benzene rings is 1. The molecule has 0 heterocycles. The molecule has 0 radical (unpaired) electrons. The maximum atomic E-state index is 13.5. The number of halogens is 1. The summed E-state index contributed by atoms with van der Waals surface area (Å²) in [6, 6.07) is 3.80. The quantitative estimate of drug-likeness (QED) is 0.790. The third-order valence-corrected chi connectivity index (χ3v) is 2.13. The molecule has 0 atom stereocenters. The minimum Gasteiger partial charge on any atom is -0.488 e. The number of carbonyl (C=O) groups excluding carboxylic acids is 1. The van der Waals surface area contributed by atoms with E-state index in [-0.39, 0.29) is 17.9 Å². The molecule has 0 spiro atoms. The predicted octanol–water partition coefficient (Wildman–Crippen LogP) is 2.06. The number of carbonyl (C=O) groups is 2. The maximum absolute atomic E-state index is 13.5. The monoisotopic (exact) mass is 255 g/mol. The molecular weight excluding hydrogens is 241 g/mol. The van der Waals surface area contributed by atoms with Gasteiger partial charge >= 0.3 is 6.09 Å². The van der Waals surface area contributed by atoms with E-state index in [0.29, 0.717) is 6.29 Å². The smallest absolute Gasteiger partial charge is 0.405 e. The fraction of sp³-hybridized carbons (Fsp3) is 0.333. The number of hydrogen-bond donors (Lipinski definition) is 2. The van der Waals surface area contributed by atoms with Gasteiger partial charge in [0.2, 0.25) is 0 Å². The van der Waals surface area contributed by atoms with Gasteiger partial charge in [0.15, 0.2) is 11.6 Å². The van der Waals surface area contributed by atoms with Crippen LogP contribution >= 0.6 is 0 Å². The van der Waals surface area contributed by atoms with E-state index in [1.54, 1.807) is 13.8 Å². The van der Waals surface area contributed by atoms with Crippen LogP contribution in [0, 0.1) is 5.82 Å². The first-order chi connectivity index (χ1) is 8.34. The van der Waals surface area contributed by atoms with E-state index < -0.39 is 17.4 Å². The van der Waals surface area contributed by atoms with Crippen molar-refractivity contribution in [2.75, 3.05) is 6.61 Å². The zero-order chi connectivity index (χ0) is 13.8. The fourth-order valence-electron chi connectivity index (χ4n) is 1.29. The van der Waals surface area contributed by atoms with Crippen LogP contribution in [0.1, 0.15) is 24.2 Å². The molecule has 0 fully saturated rings. The van der Waals surface area contributed by atoms with E-state index in [1.807, 2.05) is 0 Å². The Kier molecular flexibility index (Phi) is 4.25. The van der Waals surface area contributed by atoms with Gasteiger partial charge in [0.05, 0.1) is 5.54 Å². The van der Waals surface area contributed by atoms with Gasteiger partial charge in [-0.15, -0.1) is 0 Å². The third-order valence-electron chi connectivity index (χ3n) is 2.13. The normalized spacial score (nSPS) is 10.8. The fourth-order valence-corrected chi connectivity index (χ4v) is 1.29. The summed E-state index contributed by atoms with van der Waals surface area (Å²) in [7, 11) is 0. The molecule has 1 rings (SSSR count). The topological polar surface area (TPSA) is 75.6 Å². The first-order valence-corrected chi connectivity index (χ1v) is 5.23. The van der Waals surface area contributed by atoms with Gasteiger partial charge < -0.3 is 15.2 Å². The lowest BCUT2D eigenvalue weighted by Crippen LogP contribution is -2.47. The summed E-state index contributed by atoms with van der Waals surface area (Å²) in [6.07, 6.45) is -0.650. The number of aldehydes is 1. The molecule has 0 bridgehead atoms. The summed E-state index contributed by atoms with van der Waals surface area (Å²) in [5.74, 6) is -0.688. The van der Waals surface area contributed by atoms with Crippen molar-refractivity contribution in [2.24, 2.45) is 0 Å². The van der Waals surface area contributed by atoms with Crippen LogP contribution in [0.3, 0.4) is 0 Å². The molecule has 0 saturated carbocycles. The Bertz CT molecular complexity index is 459. The Morgan fingerprint density at radius 1 is 1.56 bits per heavy atom. The first-order valence-electron chi connectivity index (χ1n) is 5.23. The Balaban J connectivity index is 2.68. The highest BCUT2D eigenvalue weighted by molar-refractivity contribution is 5.75. The molecule has 0 saturated heterocycles. The molecule has 0 aliphatic heterocycles. The summed E-state index contributed by atoms with van der Waals surface area (Å²) in [5.41, 5.74) is -0.635. The van der Waals surface area contributed by atoms with Gasteiger partial charge in [-0.3, -0.25) is 4.79 Å². The van der Waals surface area contributed by atoms with Gasteiger partial charge in [0.25, 0.3) is 0 Å². The molecule has 2 N–H and O–H groups in total. The molecule has 18 heavy (non-hydrogen) atoms. The van der Waals surface area contributed by atoms with Gasteiger partial charge in [0, 0.05) is 5.56 Å². The number of amides is 1. The highest BCUT2D eigenvalue weighted by Crippen LogP contribution is 2.19. The van der Waals surface area contributed by atoms with Crippen LogP contribution in [0.2, 0.25) is 0 Å². The second-order valence-corrected chi connectivity index (χ2v) is 4.41. The van der Waals surface area contributed by atoms with Gasteiger partial charge in [-0.1, -0.05) is 0 Å². The average molecular weight is 255 g/mol. The molecular formula is C12H14FNO4. The molecule has 0 aliphatic carbocycles. The van der Waals surface area contributed by atoms with Gasteiger partial charge in [-0.05, 0) is 32.0 Å². The predicted molar refractivity (Wildman–Crippen MR) is 62.5 cm³/mol. The minimum atomic E-state index is -1.18. The SMILES string of the molecule is CC(C)(COc1ccc(C=O)cc1F)NC(=O)O. The number of carboxylic acid groups (broad SMARTS) is 1. The molecule has 1 aromatic carbocycles. The van der Waals surface area contributed by atoms with Gasteiger partial charge in [0.1, 0.15) is 12.9 Å². The first kappa shape index (κ1) is 14.0. The highest BCUT2D eigenvalue weighted by atomic mass is 19.1. The lowest BCUT2D eigenvalue weighted by molar-refractivity contribution is 0.112. The zero-order valence-electron chi connectivity index (χ0n) is 10.1. The Morgan fingerprint density at radius 3 is 2.72 bits per heavy atom. The van der Waals surface area contributed by atoms with Crippen molar-refractivity contribution in [3.05, 3.63) is 29.6 Å². The lowest BCUT2D eigenvalue weighted by Gasteiger charge is -2.24. The number of ether oxygens (including phenoxy) is 1. The van der Waals surface area contributed by atoms with Crippen molar-refractivity contribution in [3.63, 3.8) is 0 Å². The molecule has 0 unspecified atom stereocenters. The minimum absolute atomic E-state index is 0.0270. The summed E-state index contributed by atoms with van der Waals surface area (Å²) >= 11 is 0. The van der Waals surface area contributed by atoms with E-state index >= 15 is 0 Å². The van der Waals surface area contributed by atoms with Crippen molar-refractivity contribution >= 4 is 12.4 Å². The summed E-state index contributed by atoms with van der Waals surface area (Å²) in [6.45, 7) is 3.19. The molecule has 6 heteroatoms. The highest BCUT2D eigenvalue weighted by Gasteiger charge is 2.21. The Morgan fingerprint density at radius 2 is 2.22 bits per heavy atom. The third kappa shape index (κ3) is 4.04. The number of hydrogen-bond acceptors (Lipinski definition) is 3. The zero-order valence-corrected chi connectivity index (χ0v) is 10.1. The van der Waals surface area contributed by atoms with Crippen molar-refractivity contribution in [1.29, 1.82) is 0 Å². The summed E-state index contributed by atoms with van der Waals surface area (Å²) in [5, 5.41) is 10.8. The molecule has 0 aromatic heterocycles. The standard InChI is InChI=1S/C12H14FNO4/c1-12(2,14-11(16)17)7-18-10-4-3-8(6-15)5-9(10)13/h3-6,14H,7H2,1-2H3,(H,16,17). The summed E-state index contributed by atoms with van der Waals surface area (Å²) in [4.78, 5) is 20.9. The van der Waals surface area contributed by atoms with Crippen LogP contribution < -0.4 is 10.1 Å². The Hall–Kier alpha value is -2.11. The van der Waals surface area contributed by atoms with Crippen molar-refractivity contribution in [3.8, 4) is 5.75 Å². The summed E-state index contributed by atoms with van der Waals surface area (Å²) < 4.78 is 18.6. The number of rotatable bonds is 5. The lowest BCUT2D eigenvalue weighted by atomic mass is 10.1. The van der Waals surface area contributed by atoms with E-state index in [4.69, 9.17) is 9.84 Å². The van der Waals surface area contributed by atoms with E-state index in [1.165, 1.54) is 12.1 Å². The van der Waals surface area contributed by atoms with Gasteiger partial charge in [-0.25, -0.2) is 9.18 Å². The van der Waals surface area contributed by atoms with Crippen LogP contribution in [0.25, 0.3) is 0 Å². The number of nitrogens with one attached hydrogen (secondary N) is 1. The largest absolute Gasteiger partial charge is 0.488 e. The van der Waals surface area contributed by atoms with Crippen molar-refractivity contribution < 1.29 is 23.8 Å². The molecule has 1 amide bonds. The van der Waals surface area contributed by atoms with E-state index in [0.717, 1.165) is 6.07 Å². The van der Waals surface area contributed by atoms with Crippen molar-refractivity contribution in [1.82, 2.24) is 5.32 Å². The second-order valence-electron chi connectivity index (χ2n) is 4.41.